The lowest BCUT2D eigenvalue weighted by atomic mass is 10.0. The number of nitrogens with zero attached hydrogens (tertiary/aromatic N) is 4. The highest BCUT2D eigenvalue weighted by Gasteiger charge is 2.18. The summed E-state index contributed by atoms with van der Waals surface area (Å²) in [6.07, 6.45) is 0. The zero-order chi connectivity index (χ0) is 19.8. The molecule has 4 aromatic rings. The zero-order valence-electron chi connectivity index (χ0n) is 15.5. The van der Waals surface area contributed by atoms with E-state index in [9.17, 15) is 9.59 Å². The summed E-state index contributed by atoms with van der Waals surface area (Å²) < 4.78 is 4.08. The van der Waals surface area contributed by atoms with Gasteiger partial charge in [-0.15, -0.1) is 21.5 Å². The maximum atomic E-state index is 13.1. The first-order valence-electron chi connectivity index (χ1n) is 8.80. The number of aromatic nitrogens is 4. The molecule has 0 saturated carbocycles. The Labute approximate surface area is 169 Å². The molecular weight excluding hydrogens is 394 g/mol. The van der Waals surface area contributed by atoms with Gasteiger partial charge in [-0.1, -0.05) is 49.9 Å². The van der Waals surface area contributed by atoms with Crippen molar-refractivity contribution < 1.29 is 4.79 Å². The minimum absolute atomic E-state index is 0.0933. The molecule has 0 bridgehead atoms. The standard InChI is InChI=1S/C19H19N5O2S2/c1-11(2)13-5-3-12(4-6-13)9-23-17(26)16-14(7-8-27-16)24-18(23)21-22-19(24)28-10-15(20)25/h3-8,11H,9-10H2,1-2H3,(H2,20,25). The largest absolute Gasteiger partial charge is 0.369 e. The van der Waals surface area contributed by atoms with E-state index in [4.69, 9.17) is 5.73 Å². The predicted molar refractivity (Wildman–Crippen MR) is 112 cm³/mol. The minimum Gasteiger partial charge on any atom is -0.369 e. The fraction of sp³-hybridized carbons (Fsp3) is 0.263. The van der Waals surface area contributed by atoms with Crippen LogP contribution in [0.5, 0.6) is 0 Å². The third-order valence-electron chi connectivity index (χ3n) is 4.51. The summed E-state index contributed by atoms with van der Waals surface area (Å²) in [4.78, 5) is 24.2. The van der Waals surface area contributed by atoms with Gasteiger partial charge in [0.05, 0.1) is 17.8 Å². The number of benzene rings is 1. The first-order valence-corrected chi connectivity index (χ1v) is 10.7. The summed E-state index contributed by atoms with van der Waals surface area (Å²) in [6, 6.07) is 10.1. The van der Waals surface area contributed by atoms with Gasteiger partial charge in [-0.2, -0.15) is 0 Å². The Balaban J connectivity index is 1.83. The normalized spacial score (nSPS) is 11.7. The van der Waals surface area contributed by atoms with Crippen LogP contribution in [0.3, 0.4) is 0 Å². The van der Waals surface area contributed by atoms with Crippen LogP contribution >= 0.6 is 23.1 Å². The van der Waals surface area contributed by atoms with Gasteiger partial charge in [0.15, 0.2) is 5.16 Å². The van der Waals surface area contributed by atoms with Crippen LogP contribution in [0.2, 0.25) is 0 Å². The molecule has 0 unspecified atom stereocenters. The number of carbonyl (C=O) groups is 1. The molecule has 1 amide bonds. The number of carbonyl (C=O) groups excluding carboxylic acids is 1. The van der Waals surface area contributed by atoms with Crippen molar-refractivity contribution in [2.45, 2.75) is 31.5 Å². The molecule has 0 atom stereocenters. The Bertz CT molecular complexity index is 1220. The average molecular weight is 414 g/mol. The number of fused-ring (bicyclic) bond motifs is 3. The molecule has 1 aromatic carbocycles. The molecule has 144 valence electrons. The molecule has 3 aromatic heterocycles. The smallest absolute Gasteiger partial charge is 0.273 e. The molecule has 0 aliphatic heterocycles. The lowest BCUT2D eigenvalue weighted by Crippen LogP contribution is -2.23. The Kier molecular flexibility index (Phi) is 4.94. The van der Waals surface area contributed by atoms with Crippen LogP contribution in [0.25, 0.3) is 16.0 Å². The SMILES string of the molecule is CC(C)c1ccc(Cn2c(=O)c3sccc3n3c(SCC(N)=O)nnc23)cc1. The summed E-state index contributed by atoms with van der Waals surface area (Å²) in [6.45, 7) is 4.69. The maximum Gasteiger partial charge on any atom is 0.273 e. The van der Waals surface area contributed by atoms with E-state index < -0.39 is 5.91 Å². The Morgan fingerprint density at radius 1 is 1.21 bits per heavy atom. The van der Waals surface area contributed by atoms with Crippen LogP contribution in [0.4, 0.5) is 0 Å². The Morgan fingerprint density at radius 2 is 1.96 bits per heavy atom. The molecule has 0 saturated heterocycles. The number of thioether (sulfide) groups is 1. The fourth-order valence-corrected chi connectivity index (χ4v) is 4.57. The van der Waals surface area contributed by atoms with Crippen molar-refractivity contribution >= 4 is 45.0 Å². The third-order valence-corrected chi connectivity index (χ3v) is 6.36. The second-order valence-electron chi connectivity index (χ2n) is 6.80. The highest BCUT2D eigenvalue weighted by atomic mass is 32.2. The molecular formula is C19H19N5O2S2. The van der Waals surface area contributed by atoms with Crippen molar-refractivity contribution in [3.8, 4) is 0 Å². The number of primary amides is 1. The Morgan fingerprint density at radius 3 is 2.64 bits per heavy atom. The second-order valence-corrected chi connectivity index (χ2v) is 8.65. The number of hydrogen-bond acceptors (Lipinski definition) is 6. The van der Waals surface area contributed by atoms with E-state index in [0.717, 1.165) is 11.1 Å². The first kappa shape index (κ1) is 18.7. The summed E-state index contributed by atoms with van der Waals surface area (Å²) in [5, 5.41) is 10.8. The number of amides is 1. The second kappa shape index (κ2) is 7.40. The van der Waals surface area contributed by atoms with E-state index in [0.29, 0.717) is 28.1 Å². The van der Waals surface area contributed by atoms with Crippen LogP contribution in [0.1, 0.15) is 30.9 Å². The van der Waals surface area contributed by atoms with E-state index >= 15 is 0 Å². The fourth-order valence-electron chi connectivity index (χ4n) is 3.06. The predicted octanol–water partition coefficient (Wildman–Crippen LogP) is 2.85. The Hall–Kier alpha value is -2.65. The van der Waals surface area contributed by atoms with Gasteiger partial charge in [0.1, 0.15) is 4.70 Å². The molecule has 0 aliphatic carbocycles. The van der Waals surface area contributed by atoms with Crippen LogP contribution in [0, 0.1) is 0 Å². The van der Waals surface area contributed by atoms with Crippen LogP contribution < -0.4 is 11.3 Å². The number of thiophene rings is 1. The molecule has 7 nitrogen and oxygen atoms in total. The molecule has 3 heterocycles. The molecule has 0 spiro atoms. The van der Waals surface area contributed by atoms with Crippen LogP contribution in [-0.4, -0.2) is 30.8 Å². The molecule has 9 heteroatoms. The van der Waals surface area contributed by atoms with Gasteiger partial charge < -0.3 is 5.73 Å². The lowest BCUT2D eigenvalue weighted by molar-refractivity contribution is -0.115. The zero-order valence-corrected chi connectivity index (χ0v) is 17.1. The molecule has 28 heavy (non-hydrogen) atoms. The van der Waals surface area contributed by atoms with Gasteiger partial charge in [0.2, 0.25) is 11.7 Å². The van der Waals surface area contributed by atoms with Crippen molar-refractivity contribution in [2.24, 2.45) is 5.73 Å². The van der Waals surface area contributed by atoms with Crippen LogP contribution in [-0.2, 0) is 11.3 Å². The summed E-state index contributed by atoms with van der Waals surface area (Å²) in [7, 11) is 0. The third kappa shape index (κ3) is 3.31. The van der Waals surface area contributed by atoms with Gasteiger partial charge in [-0.3, -0.25) is 18.6 Å². The van der Waals surface area contributed by atoms with Gasteiger partial charge in [-0.25, -0.2) is 0 Å². The van der Waals surface area contributed by atoms with Gasteiger partial charge in [0, 0.05) is 0 Å². The quantitative estimate of drug-likeness (QED) is 0.491. The number of rotatable bonds is 6. The van der Waals surface area contributed by atoms with Crippen molar-refractivity contribution in [1.29, 1.82) is 0 Å². The van der Waals surface area contributed by atoms with E-state index in [2.05, 4.69) is 36.2 Å². The maximum absolute atomic E-state index is 13.1. The van der Waals surface area contributed by atoms with Crippen molar-refractivity contribution in [3.63, 3.8) is 0 Å². The summed E-state index contributed by atoms with van der Waals surface area (Å²) >= 11 is 2.60. The molecule has 4 rings (SSSR count). The lowest BCUT2D eigenvalue weighted by Gasteiger charge is -2.11. The van der Waals surface area contributed by atoms with E-state index in [-0.39, 0.29) is 11.3 Å². The van der Waals surface area contributed by atoms with Crippen LogP contribution in [0.15, 0.2) is 45.7 Å². The first-order chi connectivity index (χ1) is 13.5. The molecule has 0 radical (unpaired) electrons. The summed E-state index contributed by atoms with van der Waals surface area (Å²) in [5.74, 6) is 0.576. The number of hydrogen-bond donors (Lipinski definition) is 1. The summed E-state index contributed by atoms with van der Waals surface area (Å²) in [5.41, 5.74) is 8.18. The van der Waals surface area contributed by atoms with Crippen molar-refractivity contribution in [3.05, 3.63) is 57.2 Å². The average Bonchev–Trinajstić information content (AvgIpc) is 3.30. The van der Waals surface area contributed by atoms with E-state index in [1.165, 1.54) is 28.7 Å². The van der Waals surface area contributed by atoms with Crippen molar-refractivity contribution in [2.75, 3.05) is 5.75 Å². The molecule has 2 N–H and O–H groups in total. The monoisotopic (exact) mass is 413 g/mol. The topological polar surface area (TPSA) is 95.3 Å². The minimum atomic E-state index is -0.429. The van der Waals surface area contributed by atoms with Gasteiger partial charge >= 0.3 is 0 Å². The highest BCUT2D eigenvalue weighted by molar-refractivity contribution is 7.99. The number of nitrogens with two attached hydrogens (primary N) is 1. The molecule has 0 aliphatic rings. The van der Waals surface area contributed by atoms with Gasteiger partial charge in [0.25, 0.3) is 5.56 Å². The highest BCUT2D eigenvalue weighted by Crippen LogP contribution is 2.24. The van der Waals surface area contributed by atoms with E-state index in [1.54, 1.807) is 4.57 Å². The molecule has 0 fully saturated rings. The van der Waals surface area contributed by atoms with E-state index in [1.807, 2.05) is 28.0 Å². The van der Waals surface area contributed by atoms with Gasteiger partial charge in [-0.05, 0) is 28.5 Å². The van der Waals surface area contributed by atoms with Crippen molar-refractivity contribution in [1.82, 2.24) is 19.2 Å².